The van der Waals surface area contributed by atoms with E-state index in [4.69, 9.17) is 9.47 Å². The molecule has 0 saturated carbocycles. The van der Waals surface area contributed by atoms with Gasteiger partial charge in [-0.15, -0.1) is 0 Å². The molecule has 0 bridgehead atoms. The standard InChI is InChI=1S/C12H14O3/c1-3-9-15-11-8-6-5-7-10(11)12(13)14-4-2/h3,5-9H,4H2,1-2H3. The van der Waals surface area contributed by atoms with Gasteiger partial charge in [0.25, 0.3) is 0 Å². The Kier molecular flexibility index (Phi) is 4.41. The number of carbonyl (C=O) groups is 1. The number of hydrogen-bond donors (Lipinski definition) is 0. The zero-order valence-electron chi connectivity index (χ0n) is 8.90. The molecular weight excluding hydrogens is 192 g/mol. The maximum Gasteiger partial charge on any atom is 0.341 e. The van der Waals surface area contributed by atoms with Crippen molar-refractivity contribution < 1.29 is 14.3 Å². The molecule has 15 heavy (non-hydrogen) atoms. The number of allylic oxidation sites excluding steroid dienone is 1. The molecule has 0 atom stereocenters. The molecule has 0 aliphatic rings. The number of carbonyl (C=O) groups excluding carboxylic acids is 1. The summed E-state index contributed by atoms with van der Waals surface area (Å²) >= 11 is 0. The monoisotopic (exact) mass is 206 g/mol. The fourth-order valence-electron chi connectivity index (χ4n) is 1.09. The lowest BCUT2D eigenvalue weighted by molar-refractivity contribution is 0.0523. The molecule has 1 rings (SSSR count). The molecule has 0 N–H and O–H groups in total. The fraction of sp³-hybridized carbons (Fsp3) is 0.250. The number of para-hydroxylation sites is 1. The maximum absolute atomic E-state index is 11.5. The molecule has 0 heterocycles. The van der Waals surface area contributed by atoms with Gasteiger partial charge in [0.15, 0.2) is 0 Å². The van der Waals surface area contributed by atoms with Gasteiger partial charge in [-0.2, -0.15) is 0 Å². The highest BCUT2D eigenvalue weighted by Gasteiger charge is 2.11. The van der Waals surface area contributed by atoms with Crippen molar-refractivity contribution in [3.05, 3.63) is 42.2 Å². The van der Waals surface area contributed by atoms with E-state index in [2.05, 4.69) is 0 Å². The van der Waals surface area contributed by atoms with Gasteiger partial charge in [-0.1, -0.05) is 18.2 Å². The highest BCUT2D eigenvalue weighted by Crippen LogP contribution is 2.19. The van der Waals surface area contributed by atoms with Crippen LogP contribution in [-0.4, -0.2) is 12.6 Å². The number of hydrogen-bond acceptors (Lipinski definition) is 3. The van der Waals surface area contributed by atoms with Crippen LogP contribution in [0, 0.1) is 0 Å². The molecule has 1 aromatic rings. The second-order valence-electron chi connectivity index (χ2n) is 2.80. The molecule has 3 nitrogen and oxygen atoms in total. The summed E-state index contributed by atoms with van der Waals surface area (Å²) in [4.78, 5) is 11.5. The first-order valence-electron chi connectivity index (χ1n) is 4.83. The van der Waals surface area contributed by atoms with E-state index in [9.17, 15) is 4.79 Å². The SMILES string of the molecule is CC=COc1ccccc1C(=O)OCC. The van der Waals surface area contributed by atoms with E-state index in [-0.39, 0.29) is 5.97 Å². The normalized spacial score (nSPS) is 10.3. The van der Waals surface area contributed by atoms with Gasteiger partial charge < -0.3 is 9.47 Å². The van der Waals surface area contributed by atoms with Crippen LogP contribution >= 0.6 is 0 Å². The van der Waals surface area contributed by atoms with Crippen molar-refractivity contribution in [2.45, 2.75) is 13.8 Å². The second kappa shape index (κ2) is 5.86. The quantitative estimate of drug-likeness (QED) is 0.561. The Morgan fingerprint density at radius 1 is 1.40 bits per heavy atom. The van der Waals surface area contributed by atoms with Crippen molar-refractivity contribution in [1.82, 2.24) is 0 Å². The lowest BCUT2D eigenvalue weighted by Gasteiger charge is -2.06. The summed E-state index contributed by atoms with van der Waals surface area (Å²) in [6, 6.07) is 6.99. The first-order valence-corrected chi connectivity index (χ1v) is 4.83. The summed E-state index contributed by atoms with van der Waals surface area (Å²) in [5, 5.41) is 0. The lowest BCUT2D eigenvalue weighted by atomic mass is 10.2. The molecule has 0 fully saturated rings. The van der Waals surface area contributed by atoms with Crippen molar-refractivity contribution in [3.63, 3.8) is 0 Å². The molecule has 0 aliphatic carbocycles. The Labute approximate surface area is 89.3 Å². The number of ether oxygens (including phenoxy) is 2. The zero-order valence-corrected chi connectivity index (χ0v) is 8.90. The van der Waals surface area contributed by atoms with E-state index >= 15 is 0 Å². The van der Waals surface area contributed by atoms with E-state index < -0.39 is 0 Å². The van der Waals surface area contributed by atoms with E-state index in [0.29, 0.717) is 17.9 Å². The summed E-state index contributed by atoms with van der Waals surface area (Å²) in [6.07, 6.45) is 3.28. The number of esters is 1. The minimum absolute atomic E-state index is 0.358. The summed E-state index contributed by atoms with van der Waals surface area (Å²) in [7, 11) is 0. The molecule has 1 aromatic carbocycles. The summed E-state index contributed by atoms with van der Waals surface area (Å²) in [5.41, 5.74) is 0.442. The highest BCUT2D eigenvalue weighted by atomic mass is 16.5. The molecule has 0 radical (unpaired) electrons. The number of benzene rings is 1. The molecule has 0 aliphatic heterocycles. The summed E-state index contributed by atoms with van der Waals surface area (Å²) in [6.45, 7) is 3.97. The Morgan fingerprint density at radius 2 is 2.13 bits per heavy atom. The van der Waals surface area contributed by atoms with Crippen molar-refractivity contribution in [3.8, 4) is 5.75 Å². The zero-order chi connectivity index (χ0) is 11.1. The van der Waals surface area contributed by atoms with Gasteiger partial charge in [-0.05, 0) is 26.0 Å². The molecule has 0 amide bonds. The Hall–Kier alpha value is -1.77. The van der Waals surface area contributed by atoms with Crippen LogP contribution in [0.25, 0.3) is 0 Å². The molecular formula is C12H14O3. The van der Waals surface area contributed by atoms with Crippen LogP contribution in [-0.2, 0) is 4.74 Å². The van der Waals surface area contributed by atoms with Crippen LogP contribution in [0.1, 0.15) is 24.2 Å². The third-order valence-corrected chi connectivity index (χ3v) is 1.71. The third-order valence-electron chi connectivity index (χ3n) is 1.71. The predicted octanol–water partition coefficient (Wildman–Crippen LogP) is 2.78. The molecule has 0 saturated heterocycles. The summed E-state index contributed by atoms with van der Waals surface area (Å²) < 4.78 is 10.2. The van der Waals surface area contributed by atoms with Gasteiger partial charge in [0.05, 0.1) is 12.9 Å². The van der Waals surface area contributed by atoms with Gasteiger partial charge in [-0.3, -0.25) is 0 Å². The Balaban J connectivity index is 2.90. The van der Waals surface area contributed by atoms with Crippen molar-refractivity contribution in [2.24, 2.45) is 0 Å². The minimum atomic E-state index is -0.363. The van der Waals surface area contributed by atoms with Gasteiger partial charge in [0.1, 0.15) is 11.3 Å². The molecule has 0 unspecified atom stereocenters. The van der Waals surface area contributed by atoms with E-state index in [1.807, 2.05) is 13.0 Å². The second-order valence-corrected chi connectivity index (χ2v) is 2.80. The van der Waals surface area contributed by atoms with E-state index in [1.54, 1.807) is 31.2 Å². The molecule has 80 valence electrons. The van der Waals surface area contributed by atoms with Gasteiger partial charge >= 0.3 is 5.97 Å². The van der Waals surface area contributed by atoms with Crippen LogP contribution in [0.3, 0.4) is 0 Å². The lowest BCUT2D eigenvalue weighted by Crippen LogP contribution is -2.06. The average molecular weight is 206 g/mol. The molecule has 0 spiro atoms. The maximum atomic E-state index is 11.5. The largest absolute Gasteiger partial charge is 0.464 e. The van der Waals surface area contributed by atoms with Crippen molar-refractivity contribution in [2.75, 3.05) is 6.61 Å². The van der Waals surface area contributed by atoms with Crippen LogP contribution in [0.4, 0.5) is 0 Å². The van der Waals surface area contributed by atoms with Crippen LogP contribution in [0.2, 0.25) is 0 Å². The van der Waals surface area contributed by atoms with Crippen LogP contribution in [0.5, 0.6) is 5.75 Å². The van der Waals surface area contributed by atoms with E-state index in [0.717, 1.165) is 0 Å². The Morgan fingerprint density at radius 3 is 2.80 bits per heavy atom. The number of rotatable bonds is 4. The van der Waals surface area contributed by atoms with Gasteiger partial charge in [0.2, 0.25) is 0 Å². The molecule has 3 heteroatoms. The Bertz CT molecular complexity index is 356. The summed E-state index contributed by atoms with van der Waals surface area (Å²) in [5.74, 6) is 0.145. The topological polar surface area (TPSA) is 35.5 Å². The van der Waals surface area contributed by atoms with Gasteiger partial charge in [-0.25, -0.2) is 4.79 Å². The fourth-order valence-corrected chi connectivity index (χ4v) is 1.09. The van der Waals surface area contributed by atoms with Crippen LogP contribution in [0.15, 0.2) is 36.6 Å². The van der Waals surface area contributed by atoms with Crippen molar-refractivity contribution in [1.29, 1.82) is 0 Å². The smallest absolute Gasteiger partial charge is 0.341 e. The first kappa shape index (κ1) is 11.3. The third kappa shape index (κ3) is 3.13. The minimum Gasteiger partial charge on any atom is -0.464 e. The van der Waals surface area contributed by atoms with Crippen LogP contribution < -0.4 is 4.74 Å². The van der Waals surface area contributed by atoms with Gasteiger partial charge in [0, 0.05) is 0 Å². The average Bonchev–Trinajstić information content (AvgIpc) is 2.27. The first-order chi connectivity index (χ1) is 7.29. The van der Waals surface area contributed by atoms with E-state index in [1.165, 1.54) is 6.26 Å². The highest BCUT2D eigenvalue weighted by molar-refractivity contribution is 5.92. The van der Waals surface area contributed by atoms with Crippen molar-refractivity contribution >= 4 is 5.97 Å². The predicted molar refractivity (Wildman–Crippen MR) is 57.8 cm³/mol. The molecule has 0 aromatic heterocycles.